The number of nitrogens with zero attached hydrogens (tertiary/aromatic N) is 1. The Morgan fingerprint density at radius 1 is 0.697 bits per heavy atom. The Bertz CT molecular complexity index is 1250. The monoisotopic (exact) mass is 435 g/mol. The third kappa shape index (κ3) is 4.19. The first-order valence-corrected chi connectivity index (χ1v) is 11.2. The molecule has 0 saturated heterocycles. The van der Waals surface area contributed by atoms with E-state index < -0.39 is 11.0 Å². The molecule has 0 heterocycles. The molecule has 4 rings (SSSR count). The molecule has 1 atom stereocenters. The van der Waals surface area contributed by atoms with Crippen LogP contribution in [-0.4, -0.2) is 24.3 Å². The van der Waals surface area contributed by atoms with Crippen molar-refractivity contribution in [2.75, 3.05) is 7.11 Å². The van der Waals surface area contributed by atoms with Gasteiger partial charge in [-0.15, -0.1) is 0 Å². The van der Waals surface area contributed by atoms with Crippen LogP contribution in [0, 0.1) is 0 Å². The number of hydrogen-bond donors (Lipinski definition) is 0. The largest absolute Gasteiger partial charge is 0.467 e. The molecule has 0 aliphatic carbocycles. The van der Waals surface area contributed by atoms with Gasteiger partial charge in [0.05, 0.1) is 12.8 Å². The molecule has 3 heteroatoms. The molecule has 0 aromatic heterocycles. The second kappa shape index (κ2) is 9.03. The third-order valence-corrected chi connectivity index (χ3v) is 6.70. The van der Waals surface area contributed by atoms with Gasteiger partial charge in [-0.05, 0) is 23.3 Å². The van der Waals surface area contributed by atoms with Gasteiger partial charge in [0.15, 0.2) is 5.54 Å². The van der Waals surface area contributed by atoms with Crippen LogP contribution in [0.5, 0.6) is 0 Å². The molecule has 166 valence electrons. The molecular formula is C30H29NO2. The zero-order chi connectivity index (χ0) is 23.5. The van der Waals surface area contributed by atoms with Crippen molar-refractivity contribution >= 4 is 22.5 Å². The molecule has 0 aliphatic heterocycles. The summed E-state index contributed by atoms with van der Waals surface area (Å²) in [4.78, 5) is 18.6. The Morgan fingerprint density at radius 2 is 1.21 bits per heavy atom. The van der Waals surface area contributed by atoms with E-state index in [1.807, 2.05) is 79.7 Å². The van der Waals surface area contributed by atoms with Crippen LogP contribution in [0.1, 0.15) is 37.5 Å². The summed E-state index contributed by atoms with van der Waals surface area (Å²) in [5.41, 5.74) is 1.86. The first-order valence-electron chi connectivity index (χ1n) is 11.2. The van der Waals surface area contributed by atoms with E-state index >= 15 is 0 Å². The van der Waals surface area contributed by atoms with Crippen LogP contribution in [0.25, 0.3) is 10.8 Å². The summed E-state index contributed by atoms with van der Waals surface area (Å²) in [5, 5.41) is 2.29. The van der Waals surface area contributed by atoms with Gasteiger partial charge >= 0.3 is 5.97 Å². The Hall–Kier alpha value is -3.72. The molecule has 0 radical (unpaired) electrons. The lowest BCUT2D eigenvalue weighted by atomic mass is 9.68. The quantitative estimate of drug-likeness (QED) is 0.253. The molecule has 0 bridgehead atoms. The lowest BCUT2D eigenvalue weighted by Gasteiger charge is -2.40. The minimum absolute atomic E-state index is 0.370. The number of esters is 1. The van der Waals surface area contributed by atoms with Crippen molar-refractivity contribution in [2.45, 2.75) is 31.7 Å². The summed E-state index contributed by atoms with van der Waals surface area (Å²) in [6.07, 6.45) is 0. The highest BCUT2D eigenvalue weighted by Gasteiger charge is 2.50. The van der Waals surface area contributed by atoms with E-state index in [1.54, 1.807) is 0 Å². The summed E-state index contributed by atoms with van der Waals surface area (Å²) in [6, 6.07) is 34.5. The molecule has 0 N–H and O–H groups in total. The third-order valence-electron chi connectivity index (χ3n) is 6.70. The van der Waals surface area contributed by atoms with Crippen LogP contribution in [0.4, 0.5) is 0 Å². The van der Waals surface area contributed by atoms with Crippen LogP contribution in [0.2, 0.25) is 0 Å². The lowest BCUT2D eigenvalue weighted by Crippen LogP contribution is -2.51. The van der Waals surface area contributed by atoms with E-state index in [4.69, 9.17) is 9.73 Å². The first-order chi connectivity index (χ1) is 15.9. The maximum Gasteiger partial charge on any atom is 0.334 e. The number of hydrogen-bond acceptors (Lipinski definition) is 3. The van der Waals surface area contributed by atoms with Crippen LogP contribution in [-0.2, 0) is 14.9 Å². The fourth-order valence-corrected chi connectivity index (χ4v) is 4.21. The van der Waals surface area contributed by atoms with E-state index in [1.165, 1.54) is 7.11 Å². The van der Waals surface area contributed by atoms with Gasteiger partial charge in [0.2, 0.25) is 0 Å². The highest BCUT2D eigenvalue weighted by molar-refractivity contribution is 6.14. The molecule has 33 heavy (non-hydrogen) atoms. The molecule has 0 saturated carbocycles. The van der Waals surface area contributed by atoms with Crippen molar-refractivity contribution in [3.63, 3.8) is 0 Å². The van der Waals surface area contributed by atoms with E-state index in [0.717, 1.165) is 33.2 Å². The minimum Gasteiger partial charge on any atom is -0.467 e. The summed E-state index contributed by atoms with van der Waals surface area (Å²) >= 11 is 0. The minimum atomic E-state index is -1.18. The number of fused-ring (bicyclic) bond motifs is 1. The van der Waals surface area contributed by atoms with E-state index in [9.17, 15) is 4.79 Å². The van der Waals surface area contributed by atoms with Gasteiger partial charge in [0.1, 0.15) is 0 Å². The molecule has 4 aromatic rings. The number of carbonyl (C=O) groups excluding carboxylic acids is 1. The molecule has 4 aromatic carbocycles. The van der Waals surface area contributed by atoms with E-state index in [-0.39, 0.29) is 5.97 Å². The lowest BCUT2D eigenvalue weighted by molar-refractivity contribution is -0.148. The van der Waals surface area contributed by atoms with Crippen molar-refractivity contribution in [1.29, 1.82) is 0 Å². The summed E-state index contributed by atoms with van der Waals surface area (Å²) in [5.74, 6) is -0.370. The maximum absolute atomic E-state index is 13.4. The maximum atomic E-state index is 13.4. The molecule has 0 fully saturated rings. The molecular weight excluding hydrogens is 406 g/mol. The van der Waals surface area contributed by atoms with E-state index in [2.05, 4.69) is 44.2 Å². The van der Waals surface area contributed by atoms with E-state index in [0.29, 0.717) is 0 Å². The number of ether oxygens (including phenoxy) is 1. The summed E-state index contributed by atoms with van der Waals surface area (Å²) < 4.78 is 5.34. The van der Waals surface area contributed by atoms with Gasteiger partial charge in [-0.2, -0.15) is 0 Å². The van der Waals surface area contributed by atoms with Crippen molar-refractivity contribution in [1.82, 2.24) is 0 Å². The number of aliphatic imine (C=N–C) groups is 1. The Labute approximate surface area is 195 Å². The van der Waals surface area contributed by atoms with Gasteiger partial charge in [-0.25, -0.2) is 4.79 Å². The molecule has 0 amide bonds. The van der Waals surface area contributed by atoms with Crippen LogP contribution < -0.4 is 0 Å². The summed E-state index contributed by atoms with van der Waals surface area (Å²) in [6.45, 7) is 6.00. The standard InChI is InChI=1S/C30H29NO2/c1-29(2,26-20-19-22-13-11-12-18-25(22)21-26)30(3,28(32)33-4)31-27(23-14-7-5-8-15-23)24-16-9-6-10-17-24/h5-21H,1-4H3. The topological polar surface area (TPSA) is 38.7 Å². The SMILES string of the molecule is COC(=O)C(C)(N=C(c1ccccc1)c1ccccc1)C(C)(C)c1ccc2ccccc2c1. The Balaban J connectivity index is 1.94. The van der Waals surface area contributed by atoms with Gasteiger partial charge in [-0.1, -0.05) is 117 Å². The number of benzene rings is 4. The molecule has 0 aliphatic rings. The zero-order valence-corrected chi connectivity index (χ0v) is 19.6. The van der Waals surface area contributed by atoms with Crippen molar-refractivity contribution in [3.05, 3.63) is 120 Å². The van der Waals surface area contributed by atoms with Gasteiger partial charge in [0.25, 0.3) is 0 Å². The van der Waals surface area contributed by atoms with Crippen LogP contribution in [0.15, 0.2) is 108 Å². The normalized spacial score (nSPS) is 13.2. The van der Waals surface area contributed by atoms with Crippen LogP contribution in [0.3, 0.4) is 0 Å². The highest BCUT2D eigenvalue weighted by atomic mass is 16.5. The molecule has 1 unspecified atom stereocenters. The van der Waals surface area contributed by atoms with Gasteiger partial charge in [-0.3, -0.25) is 4.99 Å². The summed E-state index contributed by atoms with van der Waals surface area (Å²) in [7, 11) is 1.43. The number of carbonyl (C=O) groups is 1. The Kier molecular flexibility index (Phi) is 6.15. The fraction of sp³-hybridized carbons (Fsp3) is 0.200. The predicted molar refractivity (Wildman–Crippen MR) is 136 cm³/mol. The van der Waals surface area contributed by atoms with Crippen molar-refractivity contribution in [3.8, 4) is 0 Å². The average Bonchev–Trinajstić information content (AvgIpc) is 2.87. The van der Waals surface area contributed by atoms with Crippen molar-refractivity contribution < 1.29 is 9.53 Å². The Morgan fingerprint density at radius 3 is 1.76 bits per heavy atom. The predicted octanol–water partition coefficient (Wildman–Crippen LogP) is 6.59. The molecule has 3 nitrogen and oxygen atoms in total. The smallest absolute Gasteiger partial charge is 0.334 e. The fourth-order valence-electron chi connectivity index (χ4n) is 4.21. The second-order valence-electron chi connectivity index (χ2n) is 8.94. The van der Waals surface area contributed by atoms with Crippen LogP contribution >= 0.6 is 0 Å². The number of methoxy groups -OCH3 is 1. The second-order valence-corrected chi connectivity index (χ2v) is 8.94. The highest BCUT2D eigenvalue weighted by Crippen LogP contribution is 2.40. The first kappa shape index (κ1) is 22.5. The number of rotatable bonds is 6. The zero-order valence-electron chi connectivity index (χ0n) is 19.6. The van der Waals surface area contributed by atoms with Crippen molar-refractivity contribution in [2.24, 2.45) is 4.99 Å². The molecule has 0 spiro atoms. The van der Waals surface area contributed by atoms with Gasteiger partial charge in [0, 0.05) is 16.5 Å². The van der Waals surface area contributed by atoms with Gasteiger partial charge < -0.3 is 4.74 Å². The average molecular weight is 436 g/mol.